The van der Waals surface area contributed by atoms with Crippen molar-refractivity contribution in [1.82, 2.24) is 4.90 Å². The number of amides is 1. The molecule has 0 spiro atoms. The van der Waals surface area contributed by atoms with Crippen LogP contribution in [0, 0.1) is 0 Å². The van der Waals surface area contributed by atoms with Crippen molar-refractivity contribution >= 4 is 46.8 Å². The maximum atomic E-state index is 13.3. The molecule has 0 aromatic heterocycles. The van der Waals surface area contributed by atoms with E-state index in [0.29, 0.717) is 21.4 Å². The number of hydrogen-bond acceptors (Lipinski definition) is 4. The first-order valence-electron chi connectivity index (χ1n) is 8.52. The Labute approximate surface area is 172 Å². The standard InChI is InChI=1S/C20H19Cl2NO3S/c1-12(2)26-20(25)17-11-27-19(14-4-3-5-16(22)10-14)23(17)18(24)13-6-8-15(21)9-7-13/h3-10,12,17,19H,11H2,1-2H3/t17-,19-/m1/s1. The average Bonchev–Trinajstić information content (AvgIpc) is 3.06. The van der Waals surface area contributed by atoms with Gasteiger partial charge in [-0.15, -0.1) is 11.8 Å². The molecular weight excluding hydrogens is 405 g/mol. The quantitative estimate of drug-likeness (QED) is 0.633. The molecule has 2 aromatic carbocycles. The van der Waals surface area contributed by atoms with E-state index >= 15 is 0 Å². The van der Waals surface area contributed by atoms with Gasteiger partial charge in [-0.1, -0.05) is 35.3 Å². The molecular formula is C20H19Cl2NO3S. The van der Waals surface area contributed by atoms with Gasteiger partial charge in [0.15, 0.2) is 0 Å². The van der Waals surface area contributed by atoms with Crippen molar-refractivity contribution in [2.75, 3.05) is 5.75 Å². The van der Waals surface area contributed by atoms with Crippen LogP contribution in [0.25, 0.3) is 0 Å². The molecule has 0 radical (unpaired) electrons. The van der Waals surface area contributed by atoms with Crippen LogP contribution in [0.4, 0.5) is 0 Å². The minimum Gasteiger partial charge on any atom is -0.461 e. The van der Waals surface area contributed by atoms with Crippen molar-refractivity contribution in [3.63, 3.8) is 0 Å². The highest BCUT2D eigenvalue weighted by Crippen LogP contribution is 2.43. The lowest BCUT2D eigenvalue weighted by Gasteiger charge is -2.29. The molecule has 0 aliphatic carbocycles. The summed E-state index contributed by atoms with van der Waals surface area (Å²) in [6.07, 6.45) is -0.250. The van der Waals surface area contributed by atoms with Gasteiger partial charge in [-0.3, -0.25) is 4.79 Å². The summed E-state index contributed by atoms with van der Waals surface area (Å²) < 4.78 is 5.38. The van der Waals surface area contributed by atoms with E-state index in [1.807, 2.05) is 18.2 Å². The van der Waals surface area contributed by atoms with Crippen LogP contribution in [0.15, 0.2) is 48.5 Å². The highest BCUT2D eigenvalue weighted by atomic mass is 35.5. The van der Waals surface area contributed by atoms with Gasteiger partial charge in [-0.05, 0) is 55.8 Å². The minimum atomic E-state index is -0.662. The Bertz CT molecular complexity index is 841. The van der Waals surface area contributed by atoms with E-state index in [1.54, 1.807) is 49.1 Å². The maximum Gasteiger partial charge on any atom is 0.330 e. The van der Waals surface area contributed by atoms with E-state index in [2.05, 4.69) is 0 Å². The lowest BCUT2D eigenvalue weighted by molar-refractivity contribution is -0.151. The summed E-state index contributed by atoms with van der Waals surface area (Å²) in [5.74, 6) is -0.182. The highest BCUT2D eigenvalue weighted by molar-refractivity contribution is 7.99. The van der Waals surface area contributed by atoms with Crippen LogP contribution in [-0.2, 0) is 9.53 Å². The summed E-state index contributed by atoms with van der Waals surface area (Å²) in [5.41, 5.74) is 1.34. The molecule has 0 unspecified atom stereocenters. The molecule has 4 nitrogen and oxygen atoms in total. The molecule has 2 atom stereocenters. The molecule has 1 saturated heterocycles. The largest absolute Gasteiger partial charge is 0.461 e. The zero-order valence-electron chi connectivity index (χ0n) is 14.9. The van der Waals surface area contributed by atoms with Gasteiger partial charge < -0.3 is 9.64 Å². The summed E-state index contributed by atoms with van der Waals surface area (Å²) in [6.45, 7) is 3.58. The number of nitrogens with zero attached hydrogens (tertiary/aromatic N) is 1. The second-order valence-corrected chi connectivity index (χ2v) is 8.45. The number of halogens is 2. The number of benzene rings is 2. The number of hydrogen-bond donors (Lipinski definition) is 0. The third kappa shape index (κ3) is 4.60. The summed E-state index contributed by atoms with van der Waals surface area (Å²) in [4.78, 5) is 27.5. The second-order valence-electron chi connectivity index (χ2n) is 6.46. The van der Waals surface area contributed by atoms with Crippen molar-refractivity contribution in [3.8, 4) is 0 Å². The molecule has 27 heavy (non-hydrogen) atoms. The summed E-state index contributed by atoms with van der Waals surface area (Å²) in [7, 11) is 0. The van der Waals surface area contributed by atoms with Crippen molar-refractivity contribution in [3.05, 3.63) is 69.7 Å². The van der Waals surface area contributed by atoms with Gasteiger partial charge in [0.05, 0.1) is 6.10 Å². The number of thioether (sulfide) groups is 1. The maximum absolute atomic E-state index is 13.3. The second kappa shape index (κ2) is 8.55. The van der Waals surface area contributed by atoms with Gasteiger partial charge in [-0.2, -0.15) is 0 Å². The third-order valence-electron chi connectivity index (χ3n) is 4.08. The molecule has 1 heterocycles. The summed E-state index contributed by atoms with van der Waals surface area (Å²) in [5, 5.41) is 0.807. The lowest BCUT2D eigenvalue weighted by atomic mass is 10.1. The van der Waals surface area contributed by atoms with Gasteiger partial charge in [0, 0.05) is 21.4 Å². The topological polar surface area (TPSA) is 46.6 Å². The fraction of sp³-hybridized carbons (Fsp3) is 0.300. The molecule has 1 amide bonds. The van der Waals surface area contributed by atoms with E-state index in [-0.39, 0.29) is 17.4 Å². The Morgan fingerprint density at radius 1 is 1.11 bits per heavy atom. The van der Waals surface area contributed by atoms with Gasteiger partial charge in [0.2, 0.25) is 0 Å². The Morgan fingerprint density at radius 3 is 2.44 bits per heavy atom. The Kier molecular flexibility index (Phi) is 6.35. The van der Waals surface area contributed by atoms with Crippen molar-refractivity contribution in [1.29, 1.82) is 0 Å². The van der Waals surface area contributed by atoms with Crippen LogP contribution in [0.2, 0.25) is 10.0 Å². The molecule has 1 fully saturated rings. The van der Waals surface area contributed by atoms with Crippen LogP contribution in [0.3, 0.4) is 0 Å². The normalized spacial score (nSPS) is 19.4. The van der Waals surface area contributed by atoms with E-state index in [1.165, 1.54) is 11.8 Å². The van der Waals surface area contributed by atoms with Crippen LogP contribution >= 0.6 is 35.0 Å². The third-order valence-corrected chi connectivity index (χ3v) is 5.89. The molecule has 142 valence electrons. The van der Waals surface area contributed by atoms with E-state index in [0.717, 1.165) is 5.56 Å². The first-order valence-corrected chi connectivity index (χ1v) is 10.3. The number of esters is 1. The smallest absolute Gasteiger partial charge is 0.330 e. The Balaban J connectivity index is 1.97. The molecule has 0 bridgehead atoms. The van der Waals surface area contributed by atoms with Crippen molar-refractivity contribution < 1.29 is 14.3 Å². The monoisotopic (exact) mass is 423 g/mol. The van der Waals surface area contributed by atoms with Gasteiger partial charge in [0.1, 0.15) is 11.4 Å². The van der Waals surface area contributed by atoms with E-state index in [9.17, 15) is 9.59 Å². The predicted molar refractivity (Wildman–Crippen MR) is 109 cm³/mol. The van der Waals surface area contributed by atoms with Crippen LogP contribution < -0.4 is 0 Å². The Hall–Kier alpha value is -1.69. The van der Waals surface area contributed by atoms with Gasteiger partial charge in [-0.25, -0.2) is 4.79 Å². The number of ether oxygens (including phenoxy) is 1. The molecule has 0 saturated carbocycles. The molecule has 7 heteroatoms. The van der Waals surface area contributed by atoms with Crippen molar-refractivity contribution in [2.24, 2.45) is 0 Å². The zero-order valence-corrected chi connectivity index (χ0v) is 17.2. The zero-order chi connectivity index (χ0) is 19.6. The summed E-state index contributed by atoms with van der Waals surface area (Å²) >= 11 is 13.6. The molecule has 1 aliphatic heterocycles. The SMILES string of the molecule is CC(C)OC(=O)[C@H]1CS[C@H](c2cccc(Cl)c2)N1C(=O)c1ccc(Cl)cc1. The number of rotatable bonds is 4. The lowest BCUT2D eigenvalue weighted by Crippen LogP contribution is -2.44. The minimum absolute atomic E-state index is 0.243. The number of carbonyl (C=O) groups is 2. The fourth-order valence-corrected chi connectivity index (χ4v) is 4.63. The molecule has 0 N–H and O–H groups in total. The molecule has 3 rings (SSSR count). The predicted octanol–water partition coefficient (Wildman–Crippen LogP) is 5.20. The summed E-state index contributed by atoms with van der Waals surface area (Å²) in [6, 6.07) is 13.3. The van der Waals surface area contributed by atoms with Gasteiger partial charge in [0.25, 0.3) is 5.91 Å². The highest BCUT2D eigenvalue weighted by Gasteiger charge is 2.43. The first-order chi connectivity index (χ1) is 12.9. The number of carbonyl (C=O) groups excluding carboxylic acids is 2. The van der Waals surface area contributed by atoms with E-state index in [4.69, 9.17) is 27.9 Å². The first kappa shape index (κ1) is 20.1. The van der Waals surface area contributed by atoms with Gasteiger partial charge >= 0.3 is 5.97 Å². The van der Waals surface area contributed by atoms with E-state index < -0.39 is 12.0 Å². The van der Waals surface area contributed by atoms with Crippen LogP contribution in [-0.4, -0.2) is 34.7 Å². The fourth-order valence-electron chi connectivity index (χ4n) is 2.91. The molecule has 1 aliphatic rings. The van der Waals surface area contributed by atoms with Crippen LogP contribution in [0.1, 0.15) is 35.1 Å². The average molecular weight is 424 g/mol. The van der Waals surface area contributed by atoms with Crippen molar-refractivity contribution in [2.45, 2.75) is 31.4 Å². The Morgan fingerprint density at radius 2 is 1.81 bits per heavy atom. The van der Waals surface area contributed by atoms with Crippen LogP contribution in [0.5, 0.6) is 0 Å². The molecule has 2 aromatic rings.